The van der Waals surface area contributed by atoms with Crippen LogP contribution in [0.4, 0.5) is 0 Å². The van der Waals surface area contributed by atoms with Gasteiger partial charge in [-0.3, -0.25) is 4.79 Å². The number of benzene rings is 1. The Bertz CT molecular complexity index is 646. The number of aliphatic hydroxyl groups excluding tert-OH is 1. The highest BCUT2D eigenvalue weighted by Crippen LogP contribution is 2.68. The molecule has 0 spiro atoms. The fourth-order valence-electron chi connectivity index (χ4n) is 3.73. The van der Waals surface area contributed by atoms with E-state index in [0.29, 0.717) is 0 Å². The summed E-state index contributed by atoms with van der Waals surface area (Å²) in [6.07, 6.45) is 1.14. The summed E-state index contributed by atoms with van der Waals surface area (Å²) in [7, 11) is 0. The summed E-state index contributed by atoms with van der Waals surface area (Å²) in [5, 5.41) is 18.6. The molecule has 4 heteroatoms. The molecule has 22 heavy (non-hydrogen) atoms. The minimum atomic E-state index is -0.432. The van der Waals surface area contributed by atoms with E-state index in [1.54, 1.807) is 0 Å². The van der Waals surface area contributed by atoms with E-state index >= 15 is 0 Å². The van der Waals surface area contributed by atoms with E-state index in [1.165, 1.54) is 5.56 Å². The molecule has 0 aliphatic heterocycles. The number of ether oxygens (including phenoxy) is 1. The van der Waals surface area contributed by atoms with Gasteiger partial charge in [-0.05, 0) is 23.5 Å². The van der Waals surface area contributed by atoms with Crippen molar-refractivity contribution < 1.29 is 14.6 Å². The molecule has 0 saturated heterocycles. The SMILES string of the molecule is CC(C)(CO)COC(=O)C[C@]12c3ccccc3C[C@H]1[C@@H]2C#N. The third-order valence-corrected chi connectivity index (χ3v) is 5.10. The number of nitrogens with zero attached hydrogens (tertiary/aromatic N) is 1. The summed E-state index contributed by atoms with van der Waals surface area (Å²) in [6, 6.07) is 10.5. The molecule has 3 rings (SSSR count). The highest BCUT2D eigenvalue weighted by Gasteiger charge is 2.70. The Morgan fingerprint density at radius 2 is 2.23 bits per heavy atom. The summed E-state index contributed by atoms with van der Waals surface area (Å²) < 4.78 is 5.35. The molecular weight excluding hydrogens is 278 g/mol. The second kappa shape index (κ2) is 5.10. The van der Waals surface area contributed by atoms with Crippen LogP contribution < -0.4 is 0 Å². The zero-order valence-corrected chi connectivity index (χ0v) is 13.0. The standard InChI is InChI=1S/C18H21NO3/c1-17(2,10-20)11-22-16(21)8-18-13-6-4-3-5-12(13)7-14(18)15(18)9-19/h3-6,14-15,20H,7-8,10-11H2,1-2H3/t14-,15-,18-/m0/s1. The number of fused-ring (bicyclic) bond motifs is 3. The number of hydrogen-bond acceptors (Lipinski definition) is 4. The Hall–Kier alpha value is -1.86. The predicted octanol–water partition coefficient (Wildman–Crippen LogP) is 2.20. The van der Waals surface area contributed by atoms with Gasteiger partial charge in [0.1, 0.15) is 0 Å². The van der Waals surface area contributed by atoms with Gasteiger partial charge >= 0.3 is 5.97 Å². The molecule has 4 nitrogen and oxygen atoms in total. The maximum Gasteiger partial charge on any atom is 0.306 e. The Labute approximate surface area is 130 Å². The van der Waals surface area contributed by atoms with Gasteiger partial charge in [0.15, 0.2) is 0 Å². The Kier molecular flexibility index (Phi) is 3.49. The van der Waals surface area contributed by atoms with Gasteiger partial charge in [0.25, 0.3) is 0 Å². The summed E-state index contributed by atoms with van der Waals surface area (Å²) >= 11 is 0. The van der Waals surface area contributed by atoms with Crippen molar-refractivity contribution in [1.29, 1.82) is 5.26 Å². The third kappa shape index (κ3) is 2.21. The first-order valence-electron chi connectivity index (χ1n) is 7.69. The van der Waals surface area contributed by atoms with Crippen LogP contribution in [0, 0.1) is 28.6 Å². The topological polar surface area (TPSA) is 70.3 Å². The smallest absolute Gasteiger partial charge is 0.306 e. The van der Waals surface area contributed by atoms with E-state index in [9.17, 15) is 15.2 Å². The van der Waals surface area contributed by atoms with Crippen molar-refractivity contribution in [3.05, 3.63) is 35.4 Å². The van der Waals surface area contributed by atoms with Gasteiger partial charge in [-0.25, -0.2) is 0 Å². The minimum Gasteiger partial charge on any atom is -0.465 e. The lowest BCUT2D eigenvalue weighted by molar-refractivity contribution is -0.148. The summed E-state index contributed by atoms with van der Waals surface area (Å²) in [4.78, 5) is 12.3. The highest BCUT2D eigenvalue weighted by molar-refractivity contribution is 5.74. The molecule has 2 aliphatic rings. The monoisotopic (exact) mass is 299 g/mol. The van der Waals surface area contributed by atoms with Crippen molar-refractivity contribution in [1.82, 2.24) is 0 Å². The first-order valence-corrected chi connectivity index (χ1v) is 7.69. The highest BCUT2D eigenvalue weighted by atomic mass is 16.5. The van der Waals surface area contributed by atoms with Gasteiger partial charge in [0, 0.05) is 10.8 Å². The average molecular weight is 299 g/mol. The van der Waals surface area contributed by atoms with Crippen molar-refractivity contribution in [2.45, 2.75) is 32.1 Å². The second-order valence-corrected chi connectivity index (χ2v) is 7.27. The first kappa shape index (κ1) is 15.1. The van der Waals surface area contributed by atoms with E-state index in [1.807, 2.05) is 32.0 Å². The van der Waals surface area contributed by atoms with E-state index in [0.717, 1.165) is 12.0 Å². The quantitative estimate of drug-likeness (QED) is 0.846. The number of hydrogen-bond donors (Lipinski definition) is 1. The molecule has 0 unspecified atom stereocenters. The van der Waals surface area contributed by atoms with Crippen LogP contribution in [0.5, 0.6) is 0 Å². The van der Waals surface area contributed by atoms with Gasteiger partial charge < -0.3 is 9.84 Å². The van der Waals surface area contributed by atoms with Crippen LogP contribution >= 0.6 is 0 Å². The Morgan fingerprint density at radius 1 is 1.50 bits per heavy atom. The number of nitriles is 1. The normalized spacial score (nSPS) is 28.5. The zero-order valence-electron chi connectivity index (χ0n) is 13.0. The number of carbonyl (C=O) groups is 1. The van der Waals surface area contributed by atoms with Gasteiger partial charge in [0.2, 0.25) is 0 Å². The number of carbonyl (C=O) groups excluding carboxylic acids is 1. The van der Waals surface area contributed by atoms with Crippen LogP contribution in [-0.2, 0) is 21.4 Å². The van der Waals surface area contributed by atoms with Crippen LogP contribution in [0.15, 0.2) is 24.3 Å². The molecule has 3 atom stereocenters. The lowest BCUT2D eigenvalue weighted by Crippen LogP contribution is -2.27. The van der Waals surface area contributed by atoms with Crippen molar-refractivity contribution in [3.8, 4) is 6.07 Å². The first-order chi connectivity index (χ1) is 10.4. The number of aliphatic hydroxyl groups is 1. The van der Waals surface area contributed by atoms with Crippen molar-refractivity contribution in [3.63, 3.8) is 0 Å². The number of esters is 1. The maximum atomic E-state index is 12.3. The largest absolute Gasteiger partial charge is 0.465 e. The van der Waals surface area contributed by atoms with E-state index in [4.69, 9.17) is 4.74 Å². The van der Waals surface area contributed by atoms with E-state index in [-0.39, 0.29) is 42.9 Å². The van der Waals surface area contributed by atoms with Crippen molar-refractivity contribution in [2.24, 2.45) is 17.3 Å². The lowest BCUT2D eigenvalue weighted by atomic mass is 9.89. The van der Waals surface area contributed by atoms with Crippen molar-refractivity contribution in [2.75, 3.05) is 13.2 Å². The van der Waals surface area contributed by atoms with Gasteiger partial charge in [-0.15, -0.1) is 0 Å². The molecule has 0 amide bonds. The zero-order chi connectivity index (χ0) is 16.0. The van der Waals surface area contributed by atoms with Crippen LogP contribution in [0.3, 0.4) is 0 Å². The molecule has 116 valence electrons. The molecular formula is C18H21NO3. The van der Waals surface area contributed by atoms with E-state index in [2.05, 4.69) is 12.1 Å². The van der Waals surface area contributed by atoms with Crippen LogP contribution in [-0.4, -0.2) is 24.3 Å². The van der Waals surface area contributed by atoms with E-state index < -0.39 is 5.41 Å². The fraction of sp³-hybridized carbons (Fsp3) is 0.556. The molecule has 1 aromatic carbocycles. The Balaban J connectivity index is 1.74. The molecule has 1 saturated carbocycles. The fourth-order valence-corrected chi connectivity index (χ4v) is 3.73. The van der Waals surface area contributed by atoms with Gasteiger partial charge in [0.05, 0.1) is 31.6 Å². The maximum absolute atomic E-state index is 12.3. The molecule has 1 aromatic rings. The molecule has 2 aliphatic carbocycles. The van der Waals surface area contributed by atoms with Crippen LogP contribution in [0.25, 0.3) is 0 Å². The Morgan fingerprint density at radius 3 is 2.91 bits per heavy atom. The number of rotatable bonds is 5. The molecule has 1 fully saturated rings. The summed E-state index contributed by atoms with van der Waals surface area (Å²) in [6.45, 7) is 3.86. The van der Waals surface area contributed by atoms with Crippen molar-refractivity contribution >= 4 is 5.97 Å². The predicted molar refractivity (Wildman–Crippen MR) is 80.9 cm³/mol. The van der Waals surface area contributed by atoms with Gasteiger partial charge in [-0.2, -0.15) is 5.26 Å². The molecule has 0 radical (unpaired) electrons. The average Bonchev–Trinajstić information content (AvgIpc) is 2.99. The molecule has 0 heterocycles. The minimum absolute atomic E-state index is 0.0301. The summed E-state index contributed by atoms with van der Waals surface area (Å²) in [5.74, 6) is -0.116. The molecule has 0 aromatic heterocycles. The second-order valence-electron chi connectivity index (χ2n) is 7.27. The molecule has 0 bridgehead atoms. The van der Waals surface area contributed by atoms with Crippen LogP contribution in [0.1, 0.15) is 31.4 Å². The van der Waals surface area contributed by atoms with Gasteiger partial charge in [-0.1, -0.05) is 38.1 Å². The van der Waals surface area contributed by atoms with Crippen LogP contribution in [0.2, 0.25) is 0 Å². The summed E-state index contributed by atoms with van der Waals surface area (Å²) in [5.41, 5.74) is 1.62. The lowest BCUT2D eigenvalue weighted by Gasteiger charge is -2.22. The molecule has 1 N–H and O–H groups in total. The third-order valence-electron chi connectivity index (χ3n) is 5.10.